The molecule has 2 amide bonds. The van der Waals surface area contributed by atoms with Crippen molar-refractivity contribution >= 4 is 40.4 Å². The van der Waals surface area contributed by atoms with Crippen LogP contribution in [0.3, 0.4) is 0 Å². The third-order valence-corrected chi connectivity index (χ3v) is 7.17. The van der Waals surface area contributed by atoms with Gasteiger partial charge in [-0.05, 0) is 35.2 Å². The molecule has 180 valence electrons. The Labute approximate surface area is 218 Å². The van der Waals surface area contributed by atoms with Gasteiger partial charge >= 0.3 is 0 Å². The Morgan fingerprint density at radius 3 is 2.05 bits per heavy atom. The Bertz CT molecular complexity index is 1590. The van der Waals surface area contributed by atoms with E-state index < -0.39 is 0 Å². The summed E-state index contributed by atoms with van der Waals surface area (Å²) in [7, 11) is 0. The first kappa shape index (κ1) is 22.9. The van der Waals surface area contributed by atoms with Crippen LogP contribution in [-0.2, 0) is 6.54 Å². The number of aromatic nitrogens is 3. The van der Waals surface area contributed by atoms with Crippen LogP contribution in [0.5, 0.6) is 0 Å². The largest absolute Gasteiger partial charge is 0.272 e. The van der Waals surface area contributed by atoms with Crippen LogP contribution in [0.15, 0.2) is 108 Å². The van der Waals surface area contributed by atoms with Crippen molar-refractivity contribution in [3.63, 3.8) is 0 Å². The summed E-state index contributed by atoms with van der Waals surface area (Å²) in [6.45, 7) is 0.0185. The van der Waals surface area contributed by atoms with E-state index in [1.807, 2.05) is 77.4 Å². The fraction of sp³-hybridized carbons (Fsp3) is 0.0667. The zero-order valence-electron chi connectivity index (χ0n) is 19.8. The van der Waals surface area contributed by atoms with Crippen LogP contribution >= 0.6 is 11.8 Å². The standard InChI is InChI=1S/C30H22N4O2S/c35-28-24-17-7-13-22-14-8-18-25(27(22)24)29(36)33(28)20-26-31-32-30(34(26)23-15-5-2-6-16-23)37-19-9-12-21-10-3-1-4-11-21/h1-18H,19-20H2/b12-9-. The van der Waals surface area contributed by atoms with E-state index in [-0.39, 0.29) is 18.4 Å². The molecule has 2 heterocycles. The van der Waals surface area contributed by atoms with E-state index in [1.54, 1.807) is 23.9 Å². The lowest BCUT2D eigenvalue weighted by atomic mass is 9.94. The van der Waals surface area contributed by atoms with Crippen LogP contribution in [0, 0.1) is 0 Å². The molecule has 1 aliphatic heterocycles. The molecule has 6 nitrogen and oxygen atoms in total. The van der Waals surface area contributed by atoms with Crippen molar-refractivity contribution in [3.8, 4) is 5.69 Å². The van der Waals surface area contributed by atoms with Crippen molar-refractivity contribution in [1.29, 1.82) is 0 Å². The lowest BCUT2D eigenvalue weighted by Crippen LogP contribution is -2.40. The summed E-state index contributed by atoms with van der Waals surface area (Å²) in [6.07, 6.45) is 4.15. The van der Waals surface area contributed by atoms with E-state index in [9.17, 15) is 9.59 Å². The molecule has 37 heavy (non-hydrogen) atoms. The zero-order chi connectivity index (χ0) is 25.2. The molecule has 0 unspecified atom stereocenters. The first-order valence-corrected chi connectivity index (χ1v) is 12.9. The number of benzene rings is 4. The third-order valence-electron chi connectivity index (χ3n) is 6.29. The van der Waals surface area contributed by atoms with Crippen molar-refractivity contribution in [2.45, 2.75) is 11.7 Å². The second-order valence-corrected chi connectivity index (χ2v) is 9.59. The van der Waals surface area contributed by atoms with Crippen LogP contribution in [0.2, 0.25) is 0 Å². The highest BCUT2D eigenvalue weighted by Gasteiger charge is 2.34. The Kier molecular flexibility index (Phi) is 6.12. The van der Waals surface area contributed by atoms with E-state index >= 15 is 0 Å². The van der Waals surface area contributed by atoms with Crippen molar-refractivity contribution < 1.29 is 9.59 Å². The van der Waals surface area contributed by atoms with Crippen LogP contribution in [0.4, 0.5) is 0 Å². The molecule has 0 atom stereocenters. The first-order chi connectivity index (χ1) is 18.2. The Morgan fingerprint density at radius 2 is 1.38 bits per heavy atom. The first-order valence-electron chi connectivity index (χ1n) is 11.9. The summed E-state index contributed by atoms with van der Waals surface area (Å²) in [5, 5.41) is 11.1. The molecule has 0 radical (unpaired) electrons. The molecule has 1 aliphatic rings. The summed E-state index contributed by atoms with van der Waals surface area (Å²) in [6, 6.07) is 30.9. The van der Waals surface area contributed by atoms with Crippen molar-refractivity contribution in [1.82, 2.24) is 19.7 Å². The number of para-hydroxylation sites is 1. The van der Waals surface area contributed by atoms with Gasteiger partial charge in [-0.1, -0.05) is 96.7 Å². The molecule has 1 aromatic heterocycles. The maximum Gasteiger partial charge on any atom is 0.261 e. The van der Waals surface area contributed by atoms with Gasteiger partial charge < -0.3 is 0 Å². The van der Waals surface area contributed by atoms with Gasteiger partial charge in [0.1, 0.15) is 0 Å². The van der Waals surface area contributed by atoms with Crippen LogP contribution < -0.4 is 0 Å². The van der Waals surface area contributed by atoms with Crippen molar-refractivity contribution in [3.05, 3.63) is 126 Å². The molecule has 0 fully saturated rings. The van der Waals surface area contributed by atoms with E-state index in [1.165, 1.54) is 4.90 Å². The van der Waals surface area contributed by atoms with Gasteiger partial charge in [-0.25, -0.2) is 0 Å². The monoisotopic (exact) mass is 502 g/mol. The van der Waals surface area contributed by atoms with Gasteiger partial charge in [0.2, 0.25) is 0 Å². The minimum atomic E-state index is -0.322. The van der Waals surface area contributed by atoms with Gasteiger partial charge in [-0.3, -0.25) is 19.1 Å². The molecule has 0 aliphatic carbocycles. The minimum Gasteiger partial charge on any atom is -0.272 e. The highest BCUT2D eigenvalue weighted by Crippen LogP contribution is 2.31. The lowest BCUT2D eigenvalue weighted by Gasteiger charge is -2.27. The van der Waals surface area contributed by atoms with Crippen LogP contribution in [-0.4, -0.2) is 37.2 Å². The fourth-order valence-electron chi connectivity index (χ4n) is 4.57. The summed E-state index contributed by atoms with van der Waals surface area (Å²) < 4.78 is 1.92. The molecule has 6 rings (SSSR count). The maximum atomic E-state index is 13.5. The van der Waals surface area contributed by atoms with Gasteiger partial charge in [0.05, 0.1) is 6.54 Å². The van der Waals surface area contributed by atoms with Gasteiger partial charge in [-0.2, -0.15) is 0 Å². The number of hydrogen-bond donors (Lipinski definition) is 0. The van der Waals surface area contributed by atoms with E-state index in [0.29, 0.717) is 33.2 Å². The summed E-state index contributed by atoms with van der Waals surface area (Å²) in [5.41, 5.74) is 3.06. The van der Waals surface area contributed by atoms with Gasteiger partial charge in [0.25, 0.3) is 11.8 Å². The molecule has 7 heteroatoms. The second kappa shape index (κ2) is 9.87. The molecule has 5 aromatic rings. The summed E-state index contributed by atoms with van der Waals surface area (Å²) in [4.78, 5) is 28.2. The average molecular weight is 503 g/mol. The SMILES string of the molecule is O=C1c2cccc3cccc(c23)C(=O)N1Cc1nnc(SC/C=C\c2ccccc2)n1-c1ccccc1. The predicted molar refractivity (Wildman–Crippen MR) is 146 cm³/mol. The van der Waals surface area contributed by atoms with Crippen molar-refractivity contribution in [2.75, 3.05) is 5.75 Å². The highest BCUT2D eigenvalue weighted by atomic mass is 32.2. The molecular formula is C30H22N4O2S. The van der Waals surface area contributed by atoms with Gasteiger partial charge in [0.15, 0.2) is 11.0 Å². The minimum absolute atomic E-state index is 0.0185. The topological polar surface area (TPSA) is 68.1 Å². The summed E-state index contributed by atoms with van der Waals surface area (Å²) in [5.74, 6) is 0.569. The molecule has 0 saturated heterocycles. The van der Waals surface area contributed by atoms with Gasteiger partial charge in [-0.15, -0.1) is 10.2 Å². The van der Waals surface area contributed by atoms with Gasteiger partial charge in [0, 0.05) is 28.0 Å². The normalized spacial score (nSPS) is 13.1. The molecule has 4 aromatic carbocycles. The number of amides is 2. The third kappa shape index (κ3) is 4.34. The number of hydrogen-bond acceptors (Lipinski definition) is 5. The van der Waals surface area contributed by atoms with Crippen LogP contribution in [0.25, 0.3) is 22.5 Å². The number of imide groups is 1. The lowest BCUT2D eigenvalue weighted by molar-refractivity contribution is 0.0593. The number of thioether (sulfide) groups is 1. The number of rotatable bonds is 7. The van der Waals surface area contributed by atoms with Crippen molar-refractivity contribution in [2.24, 2.45) is 0 Å². The highest BCUT2D eigenvalue weighted by molar-refractivity contribution is 7.99. The molecular weight excluding hydrogens is 480 g/mol. The number of carbonyl (C=O) groups excluding carboxylic acids is 2. The smallest absolute Gasteiger partial charge is 0.261 e. The molecule has 0 N–H and O–H groups in total. The average Bonchev–Trinajstić information content (AvgIpc) is 3.35. The van der Waals surface area contributed by atoms with E-state index in [4.69, 9.17) is 0 Å². The number of carbonyl (C=O) groups is 2. The Balaban J connectivity index is 1.31. The van der Waals surface area contributed by atoms with Crippen LogP contribution in [0.1, 0.15) is 32.1 Å². The Morgan fingerprint density at radius 1 is 0.730 bits per heavy atom. The molecule has 0 spiro atoms. The van der Waals surface area contributed by atoms with E-state index in [0.717, 1.165) is 16.6 Å². The predicted octanol–water partition coefficient (Wildman–Crippen LogP) is 6.02. The summed E-state index contributed by atoms with van der Waals surface area (Å²) >= 11 is 1.54. The Hall–Kier alpha value is -4.49. The maximum absolute atomic E-state index is 13.5. The zero-order valence-corrected chi connectivity index (χ0v) is 20.6. The van der Waals surface area contributed by atoms with E-state index in [2.05, 4.69) is 34.5 Å². The molecule has 0 saturated carbocycles. The molecule has 0 bridgehead atoms. The number of nitrogens with zero attached hydrogens (tertiary/aromatic N) is 4. The fourth-order valence-corrected chi connectivity index (χ4v) is 5.35. The quantitative estimate of drug-likeness (QED) is 0.201. The second-order valence-electron chi connectivity index (χ2n) is 8.60.